The molecule has 0 bridgehead atoms. The van der Waals surface area contributed by atoms with Crippen LogP contribution in [0.15, 0.2) is 30.3 Å². The highest BCUT2D eigenvalue weighted by Gasteiger charge is 1.83. The molecule has 0 aliphatic carbocycles. The van der Waals surface area contributed by atoms with Crippen molar-refractivity contribution < 1.29 is 0 Å². The summed E-state index contributed by atoms with van der Waals surface area (Å²) >= 11 is 0. The highest BCUT2D eigenvalue weighted by molar-refractivity contribution is 6.54. The molecule has 0 saturated heterocycles. The Morgan fingerprint density at radius 1 is 1.08 bits per heavy atom. The van der Waals surface area contributed by atoms with E-state index in [0.717, 1.165) is 6.54 Å². The molecule has 74 valence electrons. The van der Waals surface area contributed by atoms with E-state index >= 15 is 0 Å². The van der Waals surface area contributed by atoms with Gasteiger partial charge in [-0.3, -0.25) is 0 Å². The molecule has 0 fully saturated rings. The highest BCUT2D eigenvalue weighted by Crippen LogP contribution is 1.95. The topological polar surface area (TPSA) is 12.0 Å². The molecule has 0 radical (unpaired) electrons. The molecule has 0 amide bonds. The summed E-state index contributed by atoms with van der Waals surface area (Å²) in [6.45, 7) is 7.88. The van der Waals surface area contributed by atoms with Crippen LogP contribution in [0.2, 0.25) is 19.6 Å². The van der Waals surface area contributed by atoms with Crippen molar-refractivity contribution in [1.82, 2.24) is 5.32 Å². The summed E-state index contributed by atoms with van der Waals surface area (Å²) in [4.78, 5) is 0. The van der Waals surface area contributed by atoms with Crippen molar-refractivity contribution >= 4 is 8.80 Å². The summed E-state index contributed by atoms with van der Waals surface area (Å²) in [5, 5.41) is 3.08. The maximum atomic E-state index is 3.08. The van der Waals surface area contributed by atoms with Crippen molar-refractivity contribution in [2.24, 2.45) is 0 Å². The predicted octanol–water partition coefficient (Wildman–Crippen LogP) is 2.51. The predicted molar refractivity (Wildman–Crippen MR) is 63.9 cm³/mol. The summed E-state index contributed by atoms with van der Waals surface area (Å²) in [7, 11) is 1.81. The van der Waals surface area contributed by atoms with Gasteiger partial charge in [0.2, 0.25) is 0 Å². The molecule has 13 heavy (non-hydrogen) atoms. The standard InChI is InChI=1S/C8H11N.C3H10Si/c1-9-7-8-5-3-2-4-6-8;1-4(2)3/h2-6,9H,7H2,1H3;4H,1-3H3. The molecule has 1 aromatic rings. The van der Waals surface area contributed by atoms with E-state index in [4.69, 9.17) is 0 Å². The van der Waals surface area contributed by atoms with Crippen molar-refractivity contribution in [2.75, 3.05) is 7.05 Å². The van der Waals surface area contributed by atoms with Crippen LogP contribution in [0.4, 0.5) is 0 Å². The second kappa shape index (κ2) is 8.02. The van der Waals surface area contributed by atoms with Crippen molar-refractivity contribution in [1.29, 1.82) is 0 Å². The minimum Gasteiger partial charge on any atom is -0.316 e. The van der Waals surface area contributed by atoms with E-state index in [9.17, 15) is 0 Å². The van der Waals surface area contributed by atoms with Gasteiger partial charge in [0.05, 0.1) is 0 Å². The Bertz CT molecular complexity index is 194. The first-order valence-corrected chi connectivity index (χ1v) is 8.31. The Morgan fingerprint density at radius 3 is 1.92 bits per heavy atom. The smallest absolute Gasteiger partial charge is 0.0274 e. The molecule has 0 saturated carbocycles. The summed E-state index contributed by atoms with van der Waals surface area (Å²) in [5.41, 5.74) is 1.33. The van der Waals surface area contributed by atoms with Gasteiger partial charge in [-0.05, 0) is 12.6 Å². The Hall–Kier alpha value is -0.603. The fourth-order valence-corrected chi connectivity index (χ4v) is 0.800. The lowest BCUT2D eigenvalue weighted by Crippen LogP contribution is -2.04. The quantitative estimate of drug-likeness (QED) is 0.715. The summed E-state index contributed by atoms with van der Waals surface area (Å²) in [6.07, 6.45) is 0. The zero-order valence-electron chi connectivity index (χ0n) is 9.17. The highest BCUT2D eigenvalue weighted by atomic mass is 28.3. The van der Waals surface area contributed by atoms with Gasteiger partial charge < -0.3 is 5.32 Å². The molecule has 0 aliphatic rings. The van der Waals surface area contributed by atoms with Crippen LogP contribution < -0.4 is 5.32 Å². The number of nitrogens with one attached hydrogen (secondary N) is 1. The largest absolute Gasteiger partial charge is 0.316 e. The minimum absolute atomic E-state index is 0.139. The number of rotatable bonds is 2. The third-order valence-corrected chi connectivity index (χ3v) is 1.22. The van der Waals surface area contributed by atoms with E-state index in [-0.39, 0.29) is 8.80 Å². The Labute approximate surface area is 83.8 Å². The van der Waals surface area contributed by atoms with E-state index in [1.165, 1.54) is 5.56 Å². The molecule has 1 nitrogen and oxygen atoms in total. The van der Waals surface area contributed by atoms with Crippen molar-refractivity contribution in [2.45, 2.75) is 26.2 Å². The van der Waals surface area contributed by atoms with Gasteiger partial charge in [0.1, 0.15) is 0 Å². The molecule has 0 unspecified atom stereocenters. The zero-order valence-corrected chi connectivity index (χ0v) is 10.3. The van der Waals surface area contributed by atoms with Crippen LogP contribution >= 0.6 is 0 Å². The second-order valence-electron chi connectivity index (χ2n) is 3.75. The van der Waals surface area contributed by atoms with Gasteiger partial charge in [0.25, 0.3) is 0 Å². The van der Waals surface area contributed by atoms with Crippen molar-refractivity contribution in [3.05, 3.63) is 35.9 Å². The Balaban J connectivity index is 0.000000310. The van der Waals surface area contributed by atoms with Crippen LogP contribution in [-0.2, 0) is 6.54 Å². The van der Waals surface area contributed by atoms with Gasteiger partial charge in [0.15, 0.2) is 0 Å². The first kappa shape index (κ1) is 12.4. The molecular formula is C11H21NSi. The van der Waals surface area contributed by atoms with Gasteiger partial charge in [-0.2, -0.15) is 0 Å². The minimum atomic E-state index is -0.139. The molecule has 1 N–H and O–H groups in total. The fourth-order valence-electron chi connectivity index (χ4n) is 0.800. The van der Waals surface area contributed by atoms with Gasteiger partial charge in [-0.1, -0.05) is 50.0 Å². The first-order chi connectivity index (χ1) is 6.16. The lowest BCUT2D eigenvalue weighted by Gasteiger charge is -1.95. The lowest BCUT2D eigenvalue weighted by atomic mass is 10.2. The SMILES string of the molecule is CNCc1ccccc1.C[SiH](C)C. The van der Waals surface area contributed by atoms with Crippen LogP contribution in [0.25, 0.3) is 0 Å². The average molecular weight is 195 g/mol. The molecule has 0 heterocycles. The fraction of sp³-hybridized carbons (Fsp3) is 0.455. The van der Waals surface area contributed by atoms with Crippen LogP contribution in [0, 0.1) is 0 Å². The first-order valence-electron chi connectivity index (χ1n) is 4.85. The van der Waals surface area contributed by atoms with E-state index in [1.54, 1.807) is 0 Å². The molecular weight excluding hydrogens is 174 g/mol. The molecule has 1 rings (SSSR count). The summed E-state index contributed by atoms with van der Waals surface area (Å²) < 4.78 is 0. The molecule has 0 atom stereocenters. The van der Waals surface area contributed by atoms with Crippen molar-refractivity contribution in [3.8, 4) is 0 Å². The van der Waals surface area contributed by atoms with E-state index in [1.807, 2.05) is 25.2 Å². The van der Waals surface area contributed by atoms with Crippen LogP contribution in [0.1, 0.15) is 5.56 Å². The molecule has 2 heteroatoms. The van der Waals surface area contributed by atoms with Gasteiger partial charge in [0, 0.05) is 15.3 Å². The monoisotopic (exact) mass is 195 g/mol. The third-order valence-electron chi connectivity index (χ3n) is 1.22. The third kappa shape index (κ3) is 9.31. The van der Waals surface area contributed by atoms with Crippen LogP contribution in [0.3, 0.4) is 0 Å². The zero-order chi connectivity index (χ0) is 10.1. The Kier molecular flexibility index (Phi) is 7.64. The van der Waals surface area contributed by atoms with E-state index in [2.05, 4.69) is 37.1 Å². The molecule has 0 aliphatic heterocycles. The van der Waals surface area contributed by atoms with Crippen LogP contribution in [0.5, 0.6) is 0 Å². The number of benzene rings is 1. The second-order valence-corrected chi connectivity index (χ2v) is 7.21. The van der Waals surface area contributed by atoms with Crippen molar-refractivity contribution in [3.63, 3.8) is 0 Å². The summed E-state index contributed by atoms with van der Waals surface area (Å²) in [5.74, 6) is 0. The summed E-state index contributed by atoms with van der Waals surface area (Å²) in [6, 6.07) is 10.3. The molecule has 0 spiro atoms. The number of hydrogen-bond acceptors (Lipinski definition) is 1. The average Bonchev–Trinajstić information content (AvgIpc) is 2.06. The molecule has 1 aromatic carbocycles. The van der Waals surface area contributed by atoms with E-state index < -0.39 is 0 Å². The van der Waals surface area contributed by atoms with Gasteiger partial charge in [-0.15, -0.1) is 0 Å². The molecule has 0 aromatic heterocycles. The normalized spacial score (nSPS) is 9.31. The lowest BCUT2D eigenvalue weighted by molar-refractivity contribution is 0.818. The maximum Gasteiger partial charge on any atom is 0.0274 e. The number of hydrogen-bond donors (Lipinski definition) is 1. The van der Waals surface area contributed by atoms with E-state index in [0.29, 0.717) is 0 Å². The Morgan fingerprint density at radius 2 is 1.54 bits per heavy atom. The maximum absolute atomic E-state index is 3.08. The van der Waals surface area contributed by atoms with Crippen LogP contribution in [-0.4, -0.2) is 15.8 Å². The van der Waals surface area contributed by atoms with Gasteiger partial charge in [-0.25, -0.2) is 0 Å². The van der Waals surface area contributed by atoms with Gasteiger partial charge >= 0.3 is 0 Å².